The van der Waals surface area contributed by atoms with Crippen molar-refractivity contribution in [2.24, 2.45) is 5.92 Å². The molecule has 1 aliphatic carbocycles. The van der Waals surface area contributed by atoms with Crippen molar-refractivity contribution in [3.63, 3.8) is 0 Å². The molecular formula is C13H19NO. The summed E-state index contributed by atoms with van der Waals surface area (Å²) in [5.41, 5.74) is 9.06. The van der Waals surface area contributed by atoms with Gasteiger partial charge in [-0.05, 0) is 36.5 Å². The van der Waals surface area contributed by atoms with Gasteiger partial charge in [-0.1, -0.05) is 25.0 Å². The number of ether oxygens (including phenoxy) is 1. The van der Waals surface area contributed by atoms with Crippen molar-refractivity contribution in [3.05, 3.63) is 29.3 Å². The van der Waals surface area contributed by atoms with Gasteiger partial charge in [-0.3, -0.25) is 0 Å². The molecule has 1 fully saturated rings. The van der Waals surface area contributed by atoms with Crippen molar-refractivity contribution in [2.75, 3.05) is 12.3 Å². The van der Waals surface area contributed by atoms with Crippen molar-refractivity contribution < 1.29 is 4.74 Å². The van der Waals surface area contributed by atoms with Crippen LogP contribution in [-0.4, -0.2) is 6.61 Å². The number of hydrogen-bond acceptors (Lipinski definition) is 2. The van der Waals surface area contributed by atoms with Crippen molar-refractivity contribution in [1.82, 2.24) is 0 Å². The van der Waals surface area contributed by atoms with Gasteiger partial charge in [0.1, 0.15) is 0 Å². The van der Waals surface area contributed by atoms with Gasteiger partial charge in [0.05, 0.1) is 6.61 Å². The third-order valence-electron chi connectivity index (χ3n) is 3.11. The van der Waals surface area contributed by atoms with Gasteiger partial charge in [0.15, 0.2) is 0 Å². The van der Waals surface area contributed by atoms with E-state index in [2.05, 4.69) is 13.0 Å². The Morgan fingerprint density at radius 2 is 2.20 bits per heavy atom. The Morgan fingerprint density at radius 1 is 1.40 bits per heavy atom. The van der Waals surface area contributed by atoms with Gasteiger partial charge >= 0.3 is 0 Å². The van der Waals surface area contributed by atoms with E-state index < -0.39 is 0 Å². The summed E-state index contributed by atoms with van der Waals surface area (Å²) in [5.74, 6) is 0.951. The normalized spacial score (nSPS) is 15.5. The van der Waals surface area contributed by atoms with Gasteiger partial charge in [0, 0.05) is 12.3 Å². The summed E-state index contributed by atoms with van der Waals surface area (Å²) in [4.78, 5) is 0. The molecular weight excluding hydrogens is 186 g/mol. The first-order chi connectivity index (χ1) is 7.27. The summed E-state index contributed by atoms with van der Waals surface area (Å²) < 4.78 is 5.65. The highest BCUT2D eigenvalue weighted by molar-refractivity contribution is 5.49. The molecule has 0 heterocycles. The molecule has 0 spiro atoms. The Kier molecular flexibility index (Phi) is 3.27. The van der Waals surface area contributed by atoms with Crippen molar-refractivity contribution in [2.45, 2.75) is 32.8 Å². The van der Waals surface area contributed by atoms with Crippen molar-refractivity contribution in [1.29, 1.82) is 0 Å². The monoisotopic (exact) mass is 205 g/mol. The van der Waals surface area contributed by atoms with E-state index in [-0.39, 0.29) is 0 Å². The molecule has 1 aromatic rings. The average molecular weight is 205 g/mol. The second-order valence-electron chi connectivity index (χ2n) is 4.42. The molecule has 1 aromatic carbocycles. The summed E-state index contributed by atoms with van der Waals surface area (Å²) in [6, 6.07) is 6.01. The molecule has 0 radical (unpaired) electrons. The van der Waals surface area contributed by atoms with E-state index in [0.29, 0.717) is 6.61 Å². The van der Waals surface area contributed by atoms with E-state index in [9.17, 15) is 0 Å². The van der Waals surface area contributed by atoms with E-state index in [1.54, 1.807) is 0 Å². The number of nitrogens with two attached hydrogens (primary N) is 1. The Bertz CT molecular complexity index is 331. The number of anilines is 1. The van der Waals surface area contributed by atoms with Crippen LogP contribution in [0.15, 0.2) is 18.2 Å². The lowest BCUT2D eigenvalue weighted by molar-refractivity contribution is 0.115. The Morgan fingerprint density at radius 3 is 2.93 bits per heavy atom. The highest BCUT2D eigenvalue weighted by Gasteiger charge is 2.20. The maximum absolute atomic E-state index is 5.83. The molecule has 2 N–H and O–H groups in total. The molecule has 0 bridgehead atoms. The van der Waals surface area contributed by atoms with Crippen LogP contribution in [-0.2, 0) is 11.3 Å². The highest BCUT2D eigenvalue weighted by atomic mass is 16.5. The lowest BCUT2D eigenvalue weighted by atomic mass is 10.1. The molecule has 82 valence electrons. The molecule has 0 saturated heterocycles. The molecule has 0 aliphatic heterocycles. The third kappa shape index (κ3) is 2.96. The second kappa shape index (κ2) is 4.67. The predicted octanol–water partition coefficient (Wildman–Crippen LogP) is 2.89. The molecule has 0 aromatic heterocycles. The molecule has 2 nitrogen and oxygen atoms in total. The molecule has 2 rings (SSSR count). The van der Waals surface area contributed by atoms with Gasteiger partial charge in [0.2, 0.25) is 0 Å². The Hall–Kier alpha value is -1.02. The van der Waals surface area contributed by atoms with Gasteiger partial charge < -0.3 is 10.5 Å². The first kappa shape index (κ1) is 10.5. The maximum atomic E-state index is 5.83. The number of hydrogen-bond donors (Lipinski definition) is 1. The number of rotatable bonds is 5. The van der Waals surface area contributed by atoms with Crippen LogP contribution in [0.5, 0.6) is 0 Å². The number of nitrogen functional groups attached to an aromatic ring is 1. The average Bonchev–Trinajstić information content (AvgIpc) is 3.02. The minimum Gasteiger partial charge on any atom is -0.399 e. The zero-order valence-electron chi connectivity index (χ0n) is 9.33. The quantitative estimate of drug-likeness (QED) is 0.592. The topological polar surface area (TPSA) is 35.2 Å². The second-order valence-corrected chi connectivity index (χ2v) is 4.42. The molecule has 1 saturated carbocycles. The Labute approximate surface area is 91.4 Å². The zero-order chi connectivity index (χ0) is 10.7. The molecule has 0 unspecified atom stereocenters. The van der Waals surface area contributed by atoms with Crippen LogP contribution in [0.25, 0.3) is 0 Å². The first-order valence-electron chi connectivity index (χ1n) is 5.69. The summed E-state index contributed by atoms with van der Waals surface area (Å²) in [6.45, 7) is 3.64. The zero-order valence-corrected chi connectivity index (χ0v) is 9.33. The van der Waals surface area contributed by atoms with Gasteiger partial charge in [-0.25, -0.2) is 0 Å². The fourth-order valence-electron chi connectivity index (χ4n) is 1.70. The lowest BCUT2D eigenvalue weighted by Gasteiger charge is -2.08. The minimum absolute atomic E-state index is 0.698. The van der Waals surface area contributed by atoms with Crippen LogP contribution < -0.4 is 5.73 Å². The summed E-state index contributed by atoms with van der Waals surface area (Å²) in [5, 5.41) is 0. The van der Waals surface area contributed by atoms with E-state index in [4.69, 9.17) is 10.5 Å². The van der Waals surface area contributed by atoms with Crippen LogP contribution in [0, 0.1) is 12.8 Å². The van der Waals surface area contributed by atoms with E-state index in [0.717, 1.165) is 23.8 Å². The fourth-order valence-corrected chi connectivity index (χ4v) is 1.70. The fraction of sp³-hybridized carbons (Fsp3) is 0.538. The van der Waals surface area contributed by atoms with Crippen LogP contribution in [0.3, 0.4) is 0 Å². The van der Waals surface area contributed by atoms with E-state index >= 15 is 0 Å². The van der Waals surface area contributed by atoms with Crippen LogP contribution >= 0.6 is 0 Å². The van der Waals surface area contributed by atoms with E-state index in [1.165, 1.54) is 24.8 Å². The molecule has 0 amide bonds. The van der Waals surface area contributed by atoms with Crippen molar-refractivity contribution >= 4 is 5.69 Å². The lowest BCUT2D eigenvalue weighted by Crippen LogP contribution is -2.00. The number of benzene rings is 1. The largest absolute Gasteiger partial charge is 0.399 e. The van der Waals surface area contributed by atoms with Crippen LogP contribution in [0.2, 0.25) is 0 Å². The Balaban J connectivity index is 1.78. The molecule has 2 heteroatoms. The van der Waals surface area contributed by atoms with Gasteiger partial charge in [-0.15, -0.1) is 0 Å². The van der Waals surface area contributed by atoms with Crippen molar-refractivity contribution in [3.8, 4) is 0 Å². The minimum atomic E-state index is 0.698. The summed E-state index contributed by atoms with van der Waals surface area (Å²) in [7, 11) is 0. The maximum Gasteiger partial charge on any atom is 0.0720 e. The third-order valence-corrected chi connectivity index (χ3v) is 3.11. The van der Waals surface area contributed by atoms with Crippen LogP contribution in [0.1, 0.15) is 30.4 Å². The smallest absolute Gasteiger partial charge is 0.0720 e. The summed E-state index contributed by atoms with van der Waals surface area (Å²) in [6.07, 6.45) is 4.03. The highest BCUT2D eigenvalue weighted by Crippen LogP contribution is 2.32. The van der Waals surface area contributed by atoms with Crippen LogP contribution in [0.4, 0.5) is 5.69 Å². The molecule has 15 heavy (non-hydrogen) atoms. The molecule has 1 aliphatic rings. The standard InChI is InChI=1S/C13H19NO/c1-10-12(3-2-4-13(10)14)9-15-8-7-11-5-6-11/h2-4,11H,5-9,14H2,1H3. The summed E-state index contributed by atoms with van der Waals surface area (Å²) >= 11 is 0. The van der Waals surface area contributed by atoms with Gasteiger partial charge in [0.25, 0.3) is 0 Å². The predicted molar refractivity (Wildman–Crippen MR) is 62.6 cm³/mol. The molecule has 0 atom stereocenters. The first-order valence-corrected chi connectivity index (χ1v) is 5.69. The SMILES string of the molecule is Cc1c(N)cccc1COCCC1CC1. The van der Waals surface area contributed by atoms with E-state index in [1.807, 2.05) is 12.1 Å². The van der Waals surface area contributed by atoms with Gasteiger partial charge in [-0.2, -0.15) is 0 Å².